The average molecular weight is 768 g/mol. The van der Waals surface area contributed by atoms with Gasteiger partial charge in [0.2, 0.25) is 4.80 Å². The van der Waals surface area contributed by atoms with Gasteiger partial charge in [-0.2, -0.15) is 4.99 Å². The molecule has 0 radical (unpaired) electrons. The average Bonchev–Trinajstić information content (AvgIpc) is 3.77. The summed E-state index contributed by atoms with van der Waals surface area (Å²) in [5.41, 5.74) is 3.13. The summed E-state index contributed by atoms with van der Waals surface area (Å²) in [5.74, 6) is 0.132. The minimum absolute atomic E-state index is 0.0541. The van der Waals surface area contributed by atoms with Gasteiger partial charge in [0.1, 0.15) is 17.8 Å². The summed E-state index contributed by atoms with van der Waals surface area (Å²) in [4.78, 5) is 40.7. The molecule has 5 rings (SSSR count). The monoisotopic (exact) mass is 767 g/mol. The number of aliphatic imine (C=N–C) groups is 1. The van der Waals surface area contributed by atoms with Gasteiger partial charge in [0, 0.05) is 18.5 Å². The zero-order valence-electron chi connectivity index (χ0n) is 30.5. The lowest BCUT2D eigenvalue weighted by Gasteiger charge is -2.15. The van der Waals surface area contributed by atoms with Crippen LogP contribution in [-0.2, 0) is 27.2 Å². The Kier molecular flexibility index (Phi) is 12.7. The Balaban J connectivity index is 1.45. The molecule has 0 aliphatic heterocycles. The van der Waals surface area contributed by atoms with E-state index in [1.165, 1.54) is 47.0 Å². The van der Waals surface area contributed by atoms with Crippen LogP contribution in [0, 0.1) is 0 Å². The lowest BCUT2D eigenvalue weighted by molar-refractivity contribution is -0.274. The number of rotatable bonds is 13. The van der Waals surface area contributed by atoms with E-state index in [2.05, 4.69) is 19.8 Å². The third kappa shape index (κ3) is 9.63. The molecule has 0 bridgehead atoms. The molecule has 0 saturated heterocycles. The largest absolute Gasteiger partial charge is 0.573 e. The van der Waals surface area contributed by atoms with Crippen molar-refractivity contribution in [2.75, 3.05) is 20.8 Å². The van der Waals surface area contributed by atoms with Gasteiger partial charge in [0.25, 0.3) is 0 Å². The number of amidine groups is 1. The molecule has 0 aliphatic rings. The van der Waals surface area contributed by atoms with Gasteiger partial charge in [-0.3, -0.25) is 0 Å². The minimum atomic E-state index is -4.79. The van der Waals surface area contributed by atoms with Crippen molar-refractivity contribution in [3.63, 3.8) is 0 Å². The van der Waals surface area contributed by atoms with Gasteiger partial charge in [0.15, 0.2) is 11.9 Å². The fourth-order valence-corrected chi connectivity index (χ4v) is 6.19. The van der Waals surface area contributed by atoms with Crippen LogP contribution in [0.15, 0.2) is 87.8 Å². The van der Waals surface area contributed by atoms with E-state index in [4.69, 9.17) is 19.2 Å². The SMILES string of the molecule is CCCOC(=N\C(Cc1ccc(-c2ncn(-c3ccc(OC(F)(F)F)cc3)n2)cc1)C(=O)OC)/N=c1\sn(CC)c(=O)n1-c1ccc(OC)cc1C(C)C. The molecular formula is C37H40F3N7O6S. The number of hydrogen-bond donors (Lipinski definition) is 0. The molecule has 13 nitrogen and oxygen atoms in total. The Bertz CT molecular complexity index is 2200. The number of nitrogens with zero attached hydrogens (tertiary/aromatic N) is 7. The van der Waals surface area contributed by atoms with E-state index >= 15 is 0 Å². The summed E-state index contributed by atoms with van der Waals surface area (Å²) in [5, 5.41) is 4.45. The quantitative estimate of drug-likeness (QED) is 0.0757. The molecule has 0 saturated carbocycles. The molecule has 5 aromatic rings. The van der Waals surface area contributed by atoms with Crippen LogP contribution in [0.25, 0.3) is 22.8 Å². The van der Waals surface area contributed by atoms with Crippen molar-refractivity contribution in [2.45, 2.75) is 65.4 Å². The van der Waals surface area contributed by atoms with Gasteiger partial charge < -0.3 is 18.9 Å². The van der Waals surface area contributed by atoms with E-state index in [1.54, 1.807) is 41.4 Å². The molecule has 0 amide bonds. The highest BCUT2D eigenvalue weighted by Gasteiger charge is 2.31. The van der Waals surface area contributed by atoms with E-state index < -0.39 is 18.4 Å². The zero-order valence-corrected chi connectivity index (χ0v) is 31.3. The standard InChI is InChI=1S/C37H40F3N7O6S/c1-7-19-52-34(43-35-47(36(49)46(8-2)54-35)31-18-17-28(50-5)21-29(31)23(3)4)42-30(33(48)51-6)20-24-9-11-25(12-10-24)32-41-22-45(44-32)26-13-15-27(16-14-26)53-37(38,39)40/h9-18,21-23,30H,7-8,19-20H2,1-6H3/b42-34-,43-35-. The summed E-state index contributed by atoms with van der Waals surface area (Å²) in [6.45, 7) is 8.52. The van der Waals surface area contributed by atoms with Crippen molar-refractivity contribution in [2.24, 2.45) is 9.98 Å². The lowest BCUT2D eigenvalue weighted by atomic mass is 10.0. The van der Waals surface area contributed by atoms with Crippen molar-refractivity contribution in [1.29, 1.82) is 0 Å². The lowest BCUT2D eigenvalue weighted by Crippen LogP contribution is -2.30. The molecule has 3 aromatic carbocycles. The predicted octanol–water partition coefficient (Wildman–Crippen LogP) is 6.47. The van der Waals surface area contributed by atoms with Crippen molar-refractivity contribution in [1.82, 2.24) is 23.3 Å². The number of hydrogen-bond acceptors (Lipinski definition) is 10. The van der Waals surface area contributed by atoms with E-state index in [0.29, 0.717) is 46.3 Å². The van der Waals surface area contributed by atoms with Gasteiger partial charge in [-0.15, -0.1) is 18.3 Å². The number of alkyl halides is 3. The molecule has 0 aliphatic carbocycles. The van der Waals surface area contributed by atoms with E-state index in [-0.39, 0.29) is 36.4 Å². The molecule has 1 unspecified atom stereocenters. The predicted molar refractivity (Wildman–Crippen MR) is 196 cm³/mol. The van der Waals surface area contributed by atoms with Gasteiger partial charge >= 0.3 is 24.0 Å². The highest BCUT2D eigenvalue weighted by Crippen LogP contribution is 2.27. The number of methoxy groups -OCH3 is 2. The molecular weight excluding hydrogens is 728 g/mol. The molecule has 54 heavy (non-hydrogen) atoms. The van der Waals surface area contributed by atoms with E-state index in [9.17, 15) is 22.8 Å². The summed E-state index contributed by atoms with van der Waals surface area (Å²) in [7, 11) is 2.86. The summed E-state index contributed by atoms with van der Waals surface area (Å²) in [6, 6.07) is 16.8. The number of aromatic nitrogens is 5. The number of aryl methyl sites for hydroxylation is 1. The van der Waals surface area contributed by atoms with Crippen LogP contribution in [0.1, 0.15) is 51.2 Å². The number of benzene rings is 3. The fraction of sp³-hybridized carbons (Fsp3) is 0.351. The molecule has 0 fully saturated rings. The zero-order chi connectivity index (χ0) is 39.0. The first-order valence-corrected chi connectivity index (χ1v) is 17.8. The maximum atomic E-state index is 13.7. The van der Waals surface area contributed by atoms with Gasteiger partial charge in [0.05, 0.1) is 32.2 Å². The first-order chi connectivity index (χ1) is 25.8. The van der Waals surface area contributed by atoms with Crippen molar-refractivity contribution >= 4 is 23.5 Å². The maximum absolute atomic E-state index is 13.7. The number of carbonyl (C=O) groups is 1. The second kappa shape index (κ2) is 17.4. The molecule has 2 heterocycles. The summed E-state index contributed by atoms with van der Waals surface area (Å²) < 4.78 is 62.6. The second-order valence-corrected chi connectivity index (χ2v) is 13.1. The van der Waals surface area contributed by atoms with Crippen LogP contribution in [0.2, 0.25) is 0 Å². The third-order valence-electron chi connectivity index (χ3n) is 8.01. The molecule has 2 aromatic heterocycles. The first kappa shape index (κ1) is 39.5. The highest BCUT2D eigenvalue weighted by atomic mass is 32.1. The Morgan fingerprint density at radius 3 is 2.30 bits per heavy atom. The van der Waals surface area contributed by atoms with Crippen LogP contribution < -0.4 is 20.0 Å². The minimum Gasteiger partial charge on any atom is -0.497 e. The molecule has 17 heteroatoms. The van der Waals surface area contributed by atoms with Crippen LogP contribution in [0.4, 0.5) is 13.2 Å². The van der Waals surface area contributed by atoms with Crippen molar-refractivity contribution in [3.05, 3.63) is 99.5 Å². The van der Waals surface area contributed by atoms with Crippen molar-refractivity contribution in [3.8, 4) is 34.3 Å². The number of esters is 1. The Hall–Kier alpha value is -5.71. The third-order valence-corrected chi connectivity index (χ3v) is 9.08. The number of halogens is 3. The van der Waals surface area contributed by atoms with Crippen LogP contribution in [0.3, 0.4) is 0 Å². The maximum Gasteiger partial charge on any atom is 0.573 e. The number of ether oxygens (including phenoxy) is 4. The van der Waals surface area contributed by atoms with Crippen LogP contribution in [0.5, 0.6) is 11.5 Å². The van der Waals surface area contributed by atoms with Crippen molar-refractivity contribution < 1.29 is 36.9 Å². The molecule has 1 atom stereocenters. The summed E-state index contributed by atoms with van der Waals surface area (Å²) in [6.07, 6.45) is -2.57. The van der Waals surface area contributed by atoms with Gasteiger partial charge in [-0.05, 0) is 84.4 Å². The van der Waals surface area contributed by atoms with Crippen LogP contribution in [-0.4, -0.2) is 68.5 Å². The fourth-order valence-electron chi connectivity index (χ4n) is 5.33. The van der Waals surface area contributed by atoms with E-state index in [0.717, 1.165) is 22.7 Å². The van der Waals surface area contributed by atoms with Crippen LogP contribution >= 0.6 is 11.5 Å². The first-order valence-electron chi connectivity index (χ1n) is 17.1. The molecule has 0 spiro atoms. The topological polar surface area (TPSA) is 136 Å². The summed E-state index contributed by atoms with van der Waals surface area (Å²) >= 11 is 1.15. The van der Waals surface area contributed by atoms with Gasteiger partial charge in [-0.25, -0.2) is 32.8 Å². The smallest absolute Gasteiger partial charge is 0.497 e. The number of carbonyl (C=O) groups excluding carboxylic acids is 1. The molecule has 286 valence electrons. The Morgan fingerprint density at radius 1 is 0.981 bits per heavy atom. The van der Waals surface area contributed by atoms with E-state index in [1.807, 2.05) is 39.8 Å². The second-order valence-electron chi connectivity index (χ2n) is 12.1. The Labute approximate surface area is 313 Å². The normalized spacial score (nSPS) is 12.9. The van der Waals surface area contributed by atoms with Gasteiger partial charge in [-0.1, -0.05) is 45.0 Å². The highest BCUT2D eigenvalue weighted by molar-refractivity contribution is 7.03. The molecule has 0 N–H and O–H groups in total. The Morgan fingerprint density at radius 2 is 1.69 bits per heavy atom.